The van der Waals surface area contributed by atoms with E-state index in [9.17, 15) is 9.59 Å². The van der Waals surface area contributed by atoms with E-state index in [1.165, 1.54) is 0 Å². The average Bonchev–Trinajstić information content (AvgIpc) is 3.30. The molecule has 0 spiro atoms. The number of ether oxygens (including phenoxy) is 2. The summed E-state index contributed by atoms with van der Waals surface area (Å²) in [6.07, 6.45) is 11.7. The predicted molar refractivity (Wildman–Crippen MR) is 133 cm³/mol. The van der Waals surface area contributed by atoms with Crippen LogP contribution in [0.5, 0.6) is 0 Å². The number of esters is 2. The van der Waals surface area contributed by atoms with Crippen molar-refractivity contribution in [1.82, 2.24) is 0 Å². The summed E-state index contributed by atoms with van der Waals surface area (Å²) in [5.41, 5.74) is 0.357. The van der Waals surface area contributed by atoms with E-state index < -0.39 is 24.3 Å². The zero-order valence-electron chi connectivity index (χ0n) is 20.7. The minimum atomic E-state index is -3.18. The molecule has 0 aliphatic carbocycles. The zero-order chi connectivity index (χ0) is 23.8. The number of hydrogen-bond donors (Lipinski definition) is 0. The van der Waals surface area contributed by atoms with Gasteiger partial charge in [-0.25, -0.2) is 0 Å². The van der Waals surface area contributed by atoms with Crippen molar-refractivity contribution < 1.29 is 23.5 Å². The number of carbonyl (C=O) groups is 2. The van der Waals surface area contributed by atoms with Crippen LogP contribution in [0.2, 0.25) is 13.3 Å². The molecule has 5 nitrogen and oxygen atoms in total. The second kappa shape index (κ2) is 16.2. The monoisotopic (exact) mass is 554 g/mol. The van der Waals surface area contributed by atoms with Crippen LogP contribution in [-0.2, 0) is 19.1 Å². The van der Waals surface area contributed by atoms with Crippen molar-refractivity contribution in [2.45, 2.75) is 86.5 Å². The Morgan fingerprint density at radius 3 is 1.84 bits per heavy atom. The fourth-order valence-electron chi connectivity index (χ4n) is 4.02. The van der Waals surface area contributed by atoms with Gasteiger partial charge in [-0.05, 0) is 0 Å². The van der Waals surface area contributed by atoms with E-state index in [2.05, 4.69) is 20.8 Å². The molecule has 0 N–H and O–H groups in total. The summed E-state index contributed by atoms with van der Waals surface area (Å²) in [5.74, 6) is -0.127. The molecule has 32 heavy (non-hydrogen) atoms. The summed E-state index contributed by atoms with van der Waals surface area (Å²) in [5, 5.41) is 0. The van der Waals surface area contributed by atoms with Gasteiger partial charge in [-0.15, -0.1) is 0 Å². The molecule has 0 radical (unpaired) electrons. The molecular formula is C26H42O5Sn. The van der Waals surface area contributed by atoms with E-state index in [1.807, 2.05) is 6.92 Å². The standard InChI is InChI=1S/C14H15O5.3C4H9.Sn/c1-3-17-13(15)8-7-11(14(16)18-4-2)10-12-6-5-9-19-12;3*1-3-4-2;/h5-7,9-10H,3-4H2,1-2H3;3*1,3-4H2,2H3;/b8-7?,11-10+;;;;. The van der Waals surface area contributed by atoms with Crippen LogP contribution in [0.3, 0.4) is 0 Å². The predicted octanol–water partition coefficient (Wildman–Crippen LogP) is 7.10. The van der Waals surface area contributed by atoms with E-state index in [0.717, 1.165) is 55.4 Å². The van der Waals surface area contributed by atoms with Gasteiger partial charge in [0.15, 0.2) is 0 Å². The van der Waals surface area contributed by atoms with Crippen LogP contribution in [0.4, 0.5) is 0 Å². The van der Waals surface area contributed by atoms with Gasteiger partial charge >= 0.3 is 199 Å². The van der Waals surface area contributed by atoms with Gasteiger partial charge in [0.25, 0.3) is 0 Å². The Bertz CT molecular complexity index is 712. The molecule has 0 aliphatic heterocycles. The van der Waals surface area contributed by atoms with Crippen molar-refractivity contribution in [2.75, 3.05) is 13.2 Å². The van der Waals surface area contributed by atoms with Crippen LogP contribution in [0, 0.1) is 0 Å². The first-order valence-corrected chi connectivity index (χ1v) is 19.8. The molecule has 1 aromatic heterocycles. The molecule has 0 saturated carbocycles. The average molecular weight is 553 g/mol. The van der Waals surface area contributed by atoms with Gasteiger partial charge < -0.3 is 0 Å². The zero-order valence-corrected chi connectivity index (χ0v) is 23.6. The molecule has 0 atom stereocenters. The van der Waals surface area contributed by atoms with Gasteiger partial charge in [0, 0.05) is 0 Å². The Morgan fingerprint density at radius 2 is 1.41 bits per heavy atom. The molecule has 6 heteroatoms. The van der Waals surface area contributed by atoms with Gasteiger partial charge in [0.05, 0.1) is 0 Å². The van der Waals surface area contributed by atoms with Crippen molar-refractivity contribution >= 4 is 36.4 Å². The second-order valence-electron chi connectivity index (χ2n) is 8.21. The minimum absolute atomic E-state index is 0.249. The molecule has 0 aliphatic rings. The van der Waals surface area contributed by atoms with Gasteiger partial charge in [0.1, 0.15) is 0 Å². The first-order chi connectivity index (χ1) is 15.5. The molecule has 1 aromatic rings. The van der Waals surface area contributed by atoms with Crippen LogP contribution in [-0.4, -0.2) is 43.5 Å². The fraction of sp³-hybridized carbons (Fsp3) is 0.615. The van der Waals surface area contributed by atoms with Crippen molar-refractivity contribution in [3.8, 4) is 0 Å². The van der Waals surface area contributed by atoms with Crippen molar-refractivity contribution in [1.29, 1.82) is 0 Å². The van der Waals surface area contributed by atoms with Crippen LogP contribution in [0.25, 0.3) is 6.08 Å². The summed E-state index contributed by atoms with van der Waals surface area (Å²) in [4.78, 5) is 26.2. The summed E-state index contributed by atoms with van der Waals surface area (Å²) < 4.78 is 20.5. The molecule has 0 aromatic carbocycles. The number of unbranched alkanes of at least 4 members (excludes halogenated alkanes) is 3. The molecular weight excluding hydrogens is 511 g/mol. The van der Waals surface area contributed by atoms with E-state index in [1.54, 1.807) is 37.5 Å². The molecule has 0 fully saturated rings. The molecule has 0 saturated heterocycles. The van der Waals surface area contributed by atoms with Crippen LogP contribution >= 0.6 is 0 Å². The molecule has 180 valence electrons. The molecule has 0 bridgehead atoms. The van der Waals surface area contributed by atoms with E-state index in [-0.39, 0.29) is 12.6 Å². The van der Waals surface area contributed by atoms with E-state index >= 15 is 0 Å². The Hall–Kier alpha value is -1.50. The third-order valence-corrected chi connectivity index (χ3v) is 21.2. The summed E-state index contributed by atoms with van der Waals surface area (Å²) >= 11 is -3.18. The molecule has 1 rings (SSSR count). The Morgan fingerprint density at radius 1 is 0.875 bits per heavy atom. The fourth-order valence-corrected chi connectivity index (χ4v) is 20.0. The topological polar surface area (TPSA) is 65.7 Å². The van der Waals surface area contributed by atoms with Gasteiger partial charge in [-0.1, -0.05) is 0 Å². The first-order valence-electron chi connectivity index (χ1n) is 12.3. The van der Waals surface area contributed by atoms with Gasteiger partial charge in [0.2, 0.25) is 0 Å². The van der Waals surface area contributed by atoms with Crippen molar-refractivity contribution in [3.63, 3.8) is 0 Å². The normalized spacial score (nSPS) is 12.7. The number of carbonyl (C=O) groups excluding carboxylic acids is 2. The van der Waals surface area contributed by atoms with Gasteiger partial charge in [-0.3, -0.25) is 0 Å². The summed E-state index contributed by atoms with van der Waals surface area (Å²) in [6, 6.07) is 3.57. The third-order valence-electron chi connectivity index (χ3n) is 5.75. The molecule has 0 unspecified atom stereocenters. The number of rotatable bonds is 16. The Labute approximate surface area is 198 Å². The van der Waals surface area contributed by atoms with E-state index in [0.29, 0.717) is 17.9 Å². The SMILES string of the molecule is CCC[CH2][Sn]([CH2]CCC)([CH2]CCC)/[C](=C\C(=C/c1ccco1)C(=O)OCC)C(=O)OCC. The molecule has 1 heterocycles. The number of furan rings is 1. The molecule has 0 amide bonds. The quantitative estimate of drug-likeness (QED) is 0.0946. The Kier molecular flexibility index (Phi) is 14.4. The maximum absolute atomic E-state index is 13.4. The van der Waals surface area contributed by atoms with Crippen LogP contribution in [0.15, 0.2) is 38.1 Å². The van der Waals surface area contributed by atoms with Gasteiger partial charge in [-0.2, -0.15) is 0 Å². The van der Waals surface area contributed by atoms with Crippen LogP contribution < -0.4 is 0 Å². The Balaban J connectivity index is 3.68. The number of hydrogen-bond acceptors (Lipinski definition) is 5. The third kappa shape index (κ3) is 9.16. The van der Waals surface area contributed by atoms with Crippen molar-refractivity contribution in [2.24, 2.45) is 0 Å². The van der Waals surface area contributed by atoms with E-state index in [4.69, 9.17) is 13.9 Å². The maximum atomic E-state index is 13.4. The van der Waals surface area contributed by atoms with Crippen molar-refractivity contribution in [3.05, 3.63) is 39.4 Å². The van der Waals surface area contributed by atoms with Crippen LogP contribution in [0.1, 0.15) is 78.9 Å². The second-order valence-corrected chi connectivity index (χ2v) is 21.3. The summed E-state index contributed by atoms with van der Waals surface area (Å²) in [6.45, 7) is 10.8. The first kappa shape index (κ1) is 28.5. The summed E-state index contributed by atoms with van der Waals surface area (Å²) in [7, 11) is 0.